The number of hydrogen-bond donors (Lipinski definition) is 2. The summed E-state index contributed by atoms with van der Waals surface area (Å²) in [6, 6.07) is 5.08. The van der Waals surface area contributed by atoms with E-state index in [1.165, 1.54) is 0 Å². The van der Waals surface area contributed by atoms with Gasteiger partial charge in [0.2, 0.25) is 0 Å². The highest BCUT2D eigenvalue weighted by Crippen LogP contribution is 2.30. The Morgan fingerprint density at radius 1 is 1.33 bits per heavy atom. The fourth-order valence-electron chi connectivity index (χ4n) is 1.68. The molecule has 0 bridgehead atoms. The minimum atomic E-state index is 0.250. The lowest BCUT2D eigenvalue weighted by Gasteiger charge is -2.24. The molecule has 1 fully saturated rings. The van der Waals surface area contributed by atoms with E-state index in [1.807, 2.05) is 0 Å². The number of phenols is 1. The van der Waals surface area contributed by atoms with Gasteiger partial charge in [-0.25, -0.2) is 0 Å². The fourth-order valence-corrected chi connectivity index (χ4v) is 2.14. The number of nitrogens with one attached hydrogen (secondary N) is 1. The Labute approximate surface area is 97.6 Å². The SMILES string of the molecule is Oc1ccc(OC2CCNCC2)c(Br)c1. The van der Waals surface area contributed by atoms with Crippen LogP contribution in [0.3, 0.4) is 0 Å². The highest BCUT2D eigenvalue weighted by atomic mass is 79.9. The first-order valence-electron chi connectivity index (χ1n) is 5.11. The van der Waals surface area contributed by atoms with E-state index in [2.05, 4.69) is 21.2 Å². The van der Waals surface area contributed by atoms with Crippen LogP contribution in [0.25, 0.3) is 0 Å². The van der Waals surface area contributed by atoms with Gasteiger partial charge < -0.3 is 15.2 Å². The first-order chi connectivity index (χ1) is 7.25. The summed E-state index contributed by atoms with van der Waals surface area (Å²) >= 11 is 3.37. The van der Waals surface area contributed by atoms with Crippen LogP contribution in [-0.4, -0.2) is 24.3 Å². The Morgan fingerprint density at radius 3 is 2.73 bits per heavy atom. The van der Waals surface area contributed by atoms with Crippen molar-refractivity contribution in [2.45, 2.75) is 18.9 Å². The van der Waals surface area contributed by atoms with Crippen molar-refractivity contribution in [2.75, 3.05) is 13.1 Å². The second kappa shape index (κ2) is 4.86. The van der Waals surface area contributed by atoms with E-state index in [9.17, 15) is 5.11 Å². The molecule has 1 aliphatic rings. The normalized spacial score (nSPS) is 17.7. The van der Waals surface area contributed by atoms with Crippen molar-refractivity contribution < 1.29 is 9.84 Å². The van der Waals surface area contributed by atoms with E-state index in [-0.39, 0.29) is 11.9 Å². The summed E-state index contributed by atoms with van der Waals surface area (Å²) in [6.07, 6.45) is 2.35. The van der Waals surface area contributed by atoms with Crippen LogP contribution < -0.4 is 10.1 Å². The number of rotatable bonds is 2. The Kier molecular flexibility index (Phi) is 3.49. The quantitative estimate of drug-likeness (QED) is 0.867. The van der Waals surface area contributed by atoms with Gasteiger partial charge in [0.25, 0.3) is 0 Å². The van der Waals surface area contributed by atoms with E-state index < -0.39 is 0 Å². The smallest absolute Gasteiger partial charge is 0.134 e. The van der Waals surface area contributed by atoms with Gasteiger partial charge in [0, 0.05) is 0 Å². The van der Waals surface area contributed by atoms with Gasteiger partial charge >= 0.3 is 0 Å². The molecule has 4 heteroatoms. The van der Waals surface area contributed by atoms with Gasteiger partial charge in [0.15, 0.2) is 0 Å². The van der Waals surface area contributed by atoms with Crippen molar-refractivity contribution in [3.05, 3.63) is 22.7 Å². The molecule has 2 rings (SSSR count). The molecular formula is C11H14BrNO2. The first kappa shape index (κ1) is 10.8. The van der Waals surface area contributed by atoms with Gasteiger partial charge in [0.1, 0.15) is 17.6 Å². The van der Waals surface area contributed by atoms with Crippen molar-refractivity contribution in [2.24, 2.45) is 0 Å². The maximum absolute atomic E-state index is 9.25. The Morgan fingerprint density at radius 2 is 2.07 bits per heavy atom. The molecule has 0 aliphatic carbocycles. The van der Waals surface area contributed by atoms with Crippen molar-refractivity contribution in [1.29, 1.82) is 0 Å². The van der Waals surface area contributed by atoms with Gasteiger partial charge in [-0.1, -0.05) is 0 Å². The summed E-state index contributed by atoms with van der Waals surface area (Å²) in [4.78, 5) is 0. The number of benzene rings is 1. The lowest BCUT2D eigenvalue weighted by Crippen LogP contribution is -2.34. The van der Waals surface area contributed by atoms with Gasteiger partial charge in [-0.05, 0) is 60.1 Å². The van der Waals surface area contributed by atoms with Gasteiger partial charge in [-0.15, -0.1) is 0 Å². The van der Waals surface area contributed by atoms with E-state index in [0.29, 0.717) is 0 Å². The molecule has 82 valence electrons. The van der Waals surface area contributed by atoms with Crippen LogP contribution in [0.1, 0.15) is 12.8 Å². The van der Waals surface area contributed by atoms with Gasteiger partial charge in [-0.2, -0.15) is 0 Å². The van der Waals surface area contributed by atoms with Crippen LogP contribution in [0.5, 0.6) is 11.5 Å². The molecule has 2 N–H and O–H groups in total. The van der Waals surface area contributed by atoms with E-state index >= 15 is 0 Å². The molecular weight excluding hydrogens is 258 g/mol. The standard InChI is InChI=1S/C11H14BrNO2/c12-10-7-8(14)1-2-11(10)15-9-3-5-13-6-4-9/h1-2,7,9,13-14H,3-6H2. The predicted molar refractivity (Wildman–Crippen MR) is 62.3 cm³/mol. The third kappa shape index (κ3) is 2.86. The van der Waals surface area contributed by atoms with Crippen LogP contribution in [0.15, 0.2) is 22.7 Å². The second-order valence-electron chi connectivity index (χ2n) is 3.68. The van der Waals surface area contributed by atoms with Crippen molar-refractivity contribution >= 4 is 15.9 Å². The van der Waals surface area contributed by atoms with E-state index in [1.54, 1.807) is 18.2 Å². The molecule has 0 radical (unpaired) electrons. The fraction of sp³-hybridized carbons (Fsp3) is 0.455. The van der Waals surface area contributed by atoms with Gasteiger partial charge in [-0.3, -0.25) is 0 Å². The summed E-state index contributed by atoms with van der Waals surface area (Å²) in [6.45, 7) is 2.03. The monoisotopic (exact) mass is 271 g/mol. The number of piperidine rings is 1. The third-order valence-corrected chi connectivity index (χ3v) is 3.11. The Bertz CT molecular complexity index is 337. The zero-order valence-electron chi connectivity index (χ0n) is 8.37. The number of ether oxygens (including phenoxy) is 1. The highest BCUT2D eigenvalue weighted by Gasteiger charge is 2.15. The lowest BCUT2D eigenvalue weighted by atomic mass is 10.1. The Balaban J connectivity index is 2.03. The zero-order valence-corrected chi connectivity index (χ0v) is 9.96. The molecule has 0 aromatic heterocycles. The summed E-state index contributed by atoms with van der Waals surface area (Å²) in [5.74, 6) is 1.05. The number of hydrogen-bond acceptors (Lipinski definition) is 3. The molecule has 1 aliphatic heterocycles. The maximum Gasteiger partial charge on any atom is 0.134 e. The molecule has 15 heavy (non-hydrogen) atoms. The predicted octanol–water partition coefficient (Wildman–Crippen LogP) is 2.29. The molecule has 0 spiro atoms. The molecule has 0 atom stereocenters. The largest absolute Gasteiger partial charge is 0.508 e. The molecule has 0 amide bonds. The second-order valence-corrected chi connectivity index (χ2v) is 4.54. The molecule has 1 aromatic rings. The zero-order chi connectivity index (χ0) is 10.7. The topological polar surface area (TPSA) is 41.5 Å². The lowest BCUT2D eigenvalue weighted by molar-refractivity contribution is 0.161. The first-order valence-corrected chi connectivity index (χ1v) is 5.91. The molecule has 1 heterocycles. The highest BCUT2D eigenvalue weighted by molar-refractivity contribution is 9.10. The molecule has 1 aromatic carbocycles. The maximum atomic E-state index is 9.25. The Hall–Kier alpha value is -0.740. The summed E-state index contributed by atoms with van der Waals surface area (Å²) in [5, 5.41) is 12.5. The molecule has 1 saturated heterocycles. The van der Waals surface area contributed by atoms with E-state index in [0.717, 1.165) is 36.2 Å². The summed E-state index contributed by atoms with van der Waals surface area (Å²) < 4.78 is 6.65. The van der Waals surface area contributed by atoms with Crippen LogP contribution in [0.4, 0.5) is 0 Å². The summed E-state index contributed by atoms with van der Waals surface area (Å²) in [5.41, 5.74) is 0. The third-order valence-electron chi connectivity index (χ3n) is 2.50. The average molecular weight is 272 g/mol. The van der Waals surface area contributed by atoms with Crippen LogP contribution in [0, 0.1) is 0 Å². The van der Waals surface area contributed by atoms with Crippen LogP contribution >= 0.6 is 15.9 Å². The molecule has 0 unspecified atom stereocenters. The minimum Gasteiger partial charge on any atom is -0.508 e. The van der Waals surface area contributed by atoms with Crippen molar-refractivity contribution in [1.82, 2.24) is 5.32 Å². The van der Waals surface area contributed by atoms with Crippen LogP contribution in [0.2, 0.25) is 0 Å². The molecule has 3 nitrogen and oxygen atoms in total. The summed E-state index contributed by atoms with van der Waals surface area (Å²) in [7, 11) is 0. The molecule has 0 saturated carbocycles. The number of halogens is 1. The minimum absolute atomic E-state index is 0.250. The van der Waals surface area contributed by atoms with Crippen molar-refractivity contribution in [3.63, 3.8) is 0 Å². The van der Waals surface area contributed by atoms with Crippen molar-refractivity contribution in [3.8, 4) is 11.5 Å². The number of phenolic OH excluding ortho intramolecular Hbond substituents is 1. The van der Waals surface area contributed by atoms with E-state index in [4.69, 9.17) is 4.74 Å². The number of aromatic hydroxyl groups is 1. The van der Waals surface area contributed by atoms with Gasteiger partial charge in [0.05, 0.1) is 4.47 Å². The van der Waals surface area contributed by atoms with Crippen LogP contribution in [-0.2, 0) is 0 Å². The average Bonchev–Trinajstić information content (AvgIpc) is 2.24.